The standard InChI is InChI=1S/C15H12OS3/c17-14(16-12-7-3-1-4-8-12)11-15(18)19-13-9-5-2-6-10-13/h1-10H,11H2. The molecule has 0 unspecified atom stereocenters. The van der Waals surface area contributed by atoms with E-state index in [1.165, 1.54) is 0 Å². The molecule has 0 aliphatic carbocycles. The zero-order valence-electron chi connectivity index (χ0n) is 10.1. The van der Waals surface area contributed by atoms with Crippen molar-refractivity contribution in [1.29, 1.82) is 0 Å². The van der Waals surface area contributed by atoms with E-state index in [0.717, 1.165) is 14.8 Å². The van der Waals surface area contributed by atoms with Crippen molar-refractivity contribution in [2.75, 3.05) is 0 Å². The van der Waals surface area contributed by atoms with Gasteiger partial charge in [0.25, 0.3) is 0 Å². The van der Waals surface area contributed by atoms with Crippen LogP contribution in [0.4, 0.5) is 0 Å². The normalized spacial score (nSPS) is 9.89. The lowest BCUT2D eigenvalue weighted by Gasteiger charge is -2.07. The quantitative estimate of drug-likeness (QED) is 0.586. The summed E-state index contributed by atoms with van der Waals surface area (Å²) >= 11 is 12.1. The molecule has 19 heavy (non-hydrogen) atoms. The van der Waals surface area contributed by atoms with Crippen LogP contribution in [0.3, 0.4) is 0 Å². The fourth-order valence-electron chi connectivity index (χ4n) is 1.43. The average molecular weight is 304 g/mol. The highest BCUT2D eigenvalue weighted by Crippen LogP contribution is 2.21. The first-order chi connectivity index (χ1) is 9.24. The van der Waals surface area contributed by atoms with Gasteiger partial charge in [-0.15, -0.1) is 0 Å². The van der Waals surface area contributed by atoms with Crippen molar-refractivity contribution in [3.63, 3.8) is 0 Å². The van der Waals surface area contributed by atoms with E-state index in [0.29, 0.717) is 11.5 Å². The molecule has 0 fully saturated rings. The largest absolute Gasteiger partial charge is 0.450 e. The molecule has 96 valence electrons. The third-order valence-electron chi connectivity index (χ3n) is 2.24. The van der Waals surface area contributed by atoms with Crippen molar-refractivity contribution >= 4 is 45.4 Å². The summed E-state index contributed by atoms with van der Waals surface area (Å²) < 4.78 is 6.37. The van der Waals surface area contributed by atoms with Crippen molar-refractivity contribution < 1.29 is 4.74 Å². The predicted octanol–water partition coefficient (Wildman–Crippen LogP) is 4.90. The summed E-state index contributed by atoms with van der Waals surface area (Å²) in [6, 6.07) is 19.5. The fourth-order valence-corrected chi connectivity index (χ4v) is 3.03. The molecule has 2 aromatic rings. The summed E-state index contributed by atoms with van der Waals surface area (Å²) in [5, 5.41) is 0.500. The van der Waals surface area contributed by atoms with Crippen LogP contribution in [-0.2, 0) is 0 Å². The molecule has 0 aliphatic heterocycles. The Hall–Kier alpha value is -1.23. The minimum absolute atomic E-state index is 0.499. The SMILES string of the molecule is S=C(CC(=S)Sc1ccccc1)Oc1ccccc1. The van der Waals surface area contributed by atoms with Crippen LogP contribution in [0.5, 0.6) is 5.75 Å². The molecule has 0 amide bonds. The molecule has 2 aromatic carbocycles. The van der Waals surface area contributed by atoms with Gasteiger partial charge >= 0.3 is 0 Å². The third kappa shape index (κ3) is 5.11. The number of thiocarbonyl (C=S) groups is 2. The van der Waals surface area contributed by atoms with E-state index < -0.39 is 0 Å². The van der Waals surface area contributed by atoms with E-state index in [-0.39, 0.29) is 0 Å². The third-order valence-corrected chi connectivity index (χ3v) is 3.74. The van der Waals surface area contributed by atoms with Crippen molar-refractivity contribution in [2.24, 2.45) is 0 Å². The maximum absolute atomic E-state index is 5.55. The van der Waals surface area contributed by atoms with Crippen molar-refractivity contribution in [3.05, 3.63) is 60.7 Å². The van der Waals surface area contributed by atoms with Gasteiger partial charge in [-0.1, -0.05) is 60.4 Å². The minimum Gasteiger partial charge on any atom is -0.450 e. The lowest BCUT2D eigenvalue weighted by atomic mass is 10.3. The van der Waals surface area contributed by atoms with E-state index in [2.05, 4.69) is 0 Å². The lowest BCUT2D eigenvalue weighted by molar-refractivity contribution is 0.557. The lowest BCUT2D eigenvalue weighted by Crippen LogP contribution is -2.08. The van der Waals surface area contributed by atoms with Gasteiger partial charge in [-0.3, -0.25) is 0 Å². The van der Waals surface area contributed by atoms with E-state index in [1.807, 2.05) is 60.7 Å². The van der Waals surface area contributed by atoms with Crippen LogP contribution in [0.15, 0.2) is 65.6 Å². The highest BCUT2D eigenvalue weighted by atomic mass is 32.2. The van der Waals surface area contributed by atoms with Crippen molar-refractivity contribution in [1.82, 2.24) is 0 Å². The molecule has 4 heteroatoms. The molecule has 0 aliphatic rings. The van der Waals surface area contributed by atoms with Gasteiger partial charge in [0.15, 0.2) is 5.05 Å². The van der Waals surface area contributed by atoms with Crippen molar-refractivity contribution in [2.45, 2.75) is 11.3 Å². The Balaban J connectivity index is 1.84. The summed E-state index contributed by atoms with van der Waals surface area (Å²) in [5.41, 5.74) is 0. The Morgan fingerprint density at radius 2 is 1.47 bits per heavy atom. The molecule has 0 atom stereocenters. The Bertz CT molecular complexity index is 501. The molecule has 0 spiro atoms. The Morgan fingerprint density at radius 1 is 0.895 bits per heavy atom. The summed E-state index contributed by atoms with van der Waals surface area (Å²) in [5.74, 6) is 0.750. The summed E-state index contributed by atoms with van der Waals surface area (Å²) in [7, 11) is 0. The van der Waals surface area contributed by atoms with Gasteiger partial charge in [-0.2, -0.15) is 0 Å². The van der Waals surface area contributed by atoms with Gasteiger partial charge < -0.3 is 4.74 Å². The van der Waals surface area contributed by atoms with Crippen LogP contribution >= 0.6 is 36.2 Å². The molecule has 0 heterocycles. The van der Waals surface area contributed by atoms with E-state index >= 15 is 0 Å². The number of thioether (sulfide) groups is 1. The molecular formula is C15H12OS3. The summed E-state index contributed by atoms with van der Waals surface area (Å²) in [4.78, 5) is 1.12. The monoisotopic (exact) mass is 304 g/mol. The number of hydrogen-bond acceptors (Lipinski definition) is 4. The van der Waals surface area contributed by atoms with Gasteiger partial charge in [0.2, 0.25) is 0 Å². The fraction of sp³-hybridized carbons (Fsp3) is 0.0667. The van der Waals surface area contributed by atoms with Crippen LogP contribution in [0.25, 0.3) is 0 Å². The number of rotatable bonds is 4. The smallest absolute Gasteiger partial charge is 0.173 e. The van der Waals surface area contributed by atoms with Crippen LogP contribution in [-0.4, -0.2) is 9.25 Å². The van der Waals surface area contributed by atoms with E-state index in [1.54, 1.807) is 11.8 Å². The van der Waals surface area contributed by atoms with Crippen LogP contribution in [0.2, 0.25) is 0 Å². The molecular weight excluding hydrogens is 292 g/mol. The first kappa shape index (κ1) is 14.2. The maximum atomic E-state index is 5.55. The van der Waals surface area contributed by atoms with Gasteiger partial charge in [0.1, 0.15) is 5.75 Å². The first-order valence-electron chi connectivity index (χ1n) is 5.75. The second-order valence-corrected chi connectivity index (χ2v) is 6.13. The number of benzene rings is 2. The Labute approximate surface area is 128 Å². The first-order valence-corrected chi connectivity index (χ1v) is 7.39. The summed E-state index contributed by atoms with van der Waals surface area (Å²) in [6.07, 6.45) is 0.499. The van der Waals surface area contributed by atoms with Crippen molar-refractivity contribution in [3.8, 4) is 5.75 Å². The number of ether oxygens (including phenoxy) is 1. The van der Waals surface area contributed by atoms with Crippen LogP contribution in [0.1, 0.15) is 6.42 Å². The summed E-state index contributed by atoms with van der Waals surface area (Å²) in [6.45, 7) is 0. The average Bonchev–Trinajstić information content (AvgIpc) is 2.40. The zero-order valence-corrected chi connectivity index (χ0v) is 12.6. The number of hydrogen-bond donors (Lipinski definition) is 0. The van der Waals surface area contributed by atoms with Gasteiger partial charge in [0.05, 0.1) is 10.6 Å². The molecule has 0 radical (unpaired) electrons. The zero-order chi connectivity index (χ0) is 13.5. The Kier molecular flexibility index (Phi) is 5.51. The molecule has 0 saturated carbocycles. The predicted molar refractivity (Wildman–Crippen MR) is 89.2 cm³/mol. The highest BCUT2D eigenvalue weighted by Gasteiger charge is 2.06. The molecule has 0 aromatic heterocycles. The van der Waals surface area contributed by atoms with Gasteiger partial charge in [0, 0.05) is 4.90 Å². The molecule has 1 nitrogen and oxygen atoms in total. The second kappa shape index (κ2) is 7.38. The molecule has 0 N–H and O–H groups in total. The molecule has 0 bridgehead atoms. The number of para-hydroxylation sites is 1. The van der Waals surface area contributed by atoms with Crippen LogP contribution < -0.4 is 4.74 Å². The van der Waals surface area contributed by atoms with E-state index in [9.17, 15) is 0 Å². The molecule has 2 rings (SSSR count). The Morgan fingerprint density at radius 3 is 2.11 bits per heavy atom. The second-order valence-electron chi connectivity index (χ2n) is 3.75. The van der Waals surface area contributed by atoms with E-state index in [4.69, 9.17) is 29.2 Å². The topological polar surface area (TPSA) is 9.23 Å². The highest BCUT2D eigenvalue weighted by molar-refractivity contribution is 8.23. The maximum Gasteiger partial charge on any atom is 0.173 e. The van der Waals surface area contributed by atoms with Crippen LogP contribution in [0, 0.1) is 0 Å². The minimum atomic E-state index is 0.499. The van der Waals surface area contributed by atoms with Gasteiger partial charge in [-0.05, 0) is 36.5 Å². The molecule has 0 saturated heterocycles. The van der Waals surface area contributed by atoms with Gasteiger partial charge in [-0.25, -0.2) is 0 Å².